The van der Waals surface area contributed by atoms with Crippen molar-refractivity contribution in [1.29, 1.82) is 0 Å². The van der Waals surface area contributed by atoms with Crippen LogP contribution in [0.1, 0.15) is 61.7 Å². The van der Waals surface area contributed by atoms with Gasteiger partial charge in [-0.15, -0.1) is 0 Å². The first-order valence-electron chi connectivity index (χ1n) is 13.5. The Hall–Kier alpha value is -3.93. The molecule has 0 spiro atoms. The van der Waals surface area contributed by atoms with Crippen LogP contribution < -0.4 is 0 Å². The van der Waals surface area contributed by atoms with Crippen molar-refractivity contribution in [3.05, 3.63) is 107 Å². The number of aromatic nitrogens is 1. The van der Waals surface area contributed by atoms with Gasteiger partial charge in [-0.25, -0.2) is 4.39 Å². The van der Waals surface area contributed by atoms with Crippen LogP contribution in [0, 0.1) is 5.82 Å². The molecule has 39 heavy (non-hydrogen) atoms. The molecule has 1 heterocycles. The zero-order valence-electron chi connectivity index (χ0n) is 23.5. The zero-order chi connectivity index (χ0) is 28.2. The number of para-hydroxylation sites is 1. The Morgan fingerprint density at radius 3 is 2.26 bits per heavy atom. The van der Waals surface area contributed by atoms with Gasteiger partial charge in [0.25, 0.3) is 5.91 Å². The molecule has 0 saturated heterocycles. The van der Waals surface area contributed by atoms with Crippen LogP contribution in [0.4, 0.5) is 4.39 Å². The largest absolute Gasteiger partial charge is 0.361 e. The van der Waals surface area contributed by atoms with Crippen LogP contribution >= 0.6 is 0 Å². The lowest BCUT2D eigenvalue weighted by Crippen LogP contribution is -2.46. The average molecular weight is 528 g/mol. The number of halogens is 1. The third-order valence-electron chi connectivity index (χ3n) is 7.17. The standard InChI is InChI=1S/C33H38FN3O2/c1-23(2)37(32(39)28-11-6-8-12-29(28)34)22-31(38)36(21-24-14-16-26(17-15-24)33(3,4)5)19-18-25-20-35-30-13-9-7-10-27(25)30/h6-17,20,23,35H,18-19,21-22H2,1-5H3. The maximum absolute atomic E-state index is 14.4. The third kappa shape index (κ3) is 6.75. The van der Waals surface area contributed by atoms with Gasteiger partial charge in [0.1, 0.15) is 12.4 Å². The van der Waals surface area contributed by atoms with Crippen LogP contribution in [-0.2, 0) is 23.2 Å². The molecule has 2 amide bonds. The fourth-order valence-electron chi connectivity index (χ4n) is 4.74. The van der Waals surface area contributed by atoms with Crippen molar-refractivity contribution in [2.75, 3.05) is 13.1 Å². The summed E-state index contributed by atoms with van der Waals surface area (Å²) in [6.07, 6.45) is 2.66. The average Bonchev–Trinajstić information content (AvgIpc) is 3.32. The zero-order valence-corrected chi connectivity index (χ0v) is 23.5. The highest BCUT2D eigenvalue weighted by Gasteiger charge is 2.26. The highest BCUT2D eigenvalue weighted by molar-refractivity contribution is 5.97. The van der Waals surface area contributed by atoms with Crippen LogP contribution in [0.25, 0.3) is 10.9 Å². The van der Waals surface area contributed by atoms with Gasteiger partial charge in [-0.1, -0.05) is 75.4 Å². The molecule has 0 bridgehead atoms. The monoisotopic (exact) mass is 527 g/mol. The summed E-state index contributed by atoms with van der Waals surface area (Å²) in [6, 6.07) is 22.1. The summed E-state index contributed by atoms with van der Waals surface area (Å²) in [5.74, 6) is -1.24. The van der Waals surface area contributed by atoms with Gasteiger partial charge in [0.05, 0.1) is 5.56 Å². The van der Waals surface area contributed by atoms with Gasteiger partial charge in [-0.2, -0.15) is 0 Å². The number of nitrogens with zero attached hydrogens (tertiary/aromatic N) is 2. The van der Waals surface area contributed by atoms with Gasteiger partial charge in [0.15, 0.2) is 0 Å². The van der Waals surface area contributed by atoms with E-state index in [1.54, 1.807) is 17.0 Å². The molecular weight excluding hydrogens is 489 g/mol. The second kappa shape index (κ2) is 11.9. The Balaban J connectivity index is 1.57. The van der Waals surface area contributed by atoms with Crippen molar-refractivity contribution < 1.29 is 14.0 Å². The lowest BCUT2D eigenvalue weighted by atomic mass is 9.87. The fraction of sp³-hybridized carbons (Fsp3) is 0.333. The van der Waals surface area contributed by atoms with E-state index in [-0.39, 0.29) is 29.5 Å². The minimum Gasteiger partial charge on any atom is -0.361 e. The first-order valence-corrected chi connectivity index (χ1v) is 13.5. The number of hydrogen-bond acceptors (Lipinski definition) is 2. The molecule has 4 rings (SSSR count). The van der Waals surface area contributed by atoms with E-state index in [0.29, 0.717) is 19.5 Å². The first kappa shape index (κ1) is 28.1. The number of rotatable bonds is 9. The summed E-state index contributed by atoms with van der Waals surface area (Å²) in [6.45, 7) is 11.0. The molecule has 0 aliphatic rings. The van der Waals surface area contributed by atoms with E-state index in [1.807, 2.05) is 38.2 Å². The number of carbonyl (C=O) groups is 2. The quantitative estimate of drug-likeness (QED) is 0.263. The normalized spacial score (nSPS) is 11.7. The maximum atomic E-state index is 14.4. The molecule has 1 N–H and O–H groups in total. The van der Waals surface area contributed by atoms with Gasteiger partial charge < -0.3 is 14.8 Å². The number of fused-ring (bicyclic) bond motifs is 1. The van der Waals surface area contributed by atoms with Gasteiger partial charge in [-0.05, 0) is 60.6 Å². The van der Waals surface area contributed by atoms with Crippen LogP contribution in [0.15, 0.2) is 79.0 Å². The summed E-state index contributed by atoms with van der Waals surface area (Å²) in [7, 11) is 0. The first-order chi connectivity index (χ1) is 18.5. The highest BCUT2D eigenvalue weighted by atomic mass is 19.1. The van der Waals surface area contributed by atoms with E-state index in [2.05, 4.69) is 56.1 Å². The van der Waals surface area contributed by atoms with Crippen molar-refractivity contribution in [2.45, 2.75) is 59.0 Å². The van der Waals surface area contributed by atoms with E-state index in [4.69, 9.17) is 0 Å². The van der Waals surface area contributed by atoms with Gasteiger partial charge in [0.2, 0.25) is 5.91 Å². The molecule has 0 radical (unpaired) electrons. The summed E-state index contributed by atoms with van der Waals surface area (Å²) in [4.78, 5) is 33.6. The predicted octanol–water partition coefficient (Wildman–Crippen LogP) is 6.73. The molecule has 0 atom stereocenters. The Morgan fingerprint density at radius 1 is 0.923 bits per heavy atom. The van der Waals surface area contributed by atoms with Gasteiger partial charge in [-0.3, -0.25) is 9.59 Å². The molecule has 1 aromatic heterocycles. The third-order valence-corrected chi connectivity index (χ3v) is 7.17. The molecule has 204 valence electrons. The van der Waals surface area contributed by atoms with Gasteiger partial charge in [0, 0.05) is 36.2 Å². The van der Waals surface area contributed by atoms with E-state index < -0.39 is 11.7 Å². The molecule has 3 aromatic carbocycles. The number of amides is 2. The van der Waals surface area contributed by atoms with E-state index >= 15 is 0 Å². The summed E-state index contributed by atoms with van der Waals surface area (Å²) in [5, 5.41) is 1.14. The second-order valence-electron chi connectivity index (χ2n) is 11.4. The fourth-order valence-corrected chi connectivity index (χ4v) is 4.74. The van der Waals surface area contributed by atoms with Crippen molar-refractivity contribution in [3.8, 4) is 0 Å². The SMILES string of the molecule is CC(C)N(CC(=O)N(CCc1c[nH]c2ccccc12)Cc1ccc(C(C)(C)C)cc1)C(=O)c1ccccc1F. The molecule has 5 nitrogen and oxygen atoms in total. The molecular formula is C33H38FN3O2. The Morgan fingerprint density at radius 2 is 1.59 bits per heavy atom. The van der Waals surface area contributed by atoms with Crippen molar-refractivity contribution in [2.24, 2.45) is 0 Å². The lowest BCUT2D eigenvalue weighted by Gasteiger charge is -2.30. The Labute approximate surface area is 230 Å². The number of nitrogens with one attached hydrogen (secondary N) is 1. The molecule has 0 aliphatic heterocycles. The summed E-state index contributed by atoms with van der Waals surface area (Å²) >= 11 is 0. The molecule has 0 fully saturated rings. The Kier molecular flexibility index (Phi) is 8.54. The predicted molar refractivity (Wildman–Crippen MR) is 155 cm³/mol. The van der Waals surface area contributed by atoms with Crippen molar-refractivity contribution >= 4 is 22.7 Å². The van der Waals surface area contributed by atoms with Crippen molar-refractivity contribution in [3.63, 3.8) is 0 Å². The lowest BCUT2D eigenvalue weighted by molar-refractivity contribution is -0.132. The smallest absolute Gasteiger partial charge is 0.257 e. The number of aromatic amines is 1. The number of H-pyrrole nitrogens is 1. The van der Waals surface area contributed by atoms with Crippen LogP contribution in [0.2, 0.25) is 0 Å². The van der Waals surface area contributed by atoms with Crippen molar-refractivity contribution in [1.82, 2.24) is 14.8 Å². The minimum absolute atomic E-state index is 0.0258. The molecule has 0 aliphatic carbocycles. The van der Waals surface area contributed by atoms with Crippen LogP contribution in [0.5, 0.6) is 0 Å². The molecule has 0 saturated carbocycles. The van der Waals surface area contributed by atoms with Crippen LogP contribution in [-0.4, -0.2) is 45.7 Å². The topological polar surface area (TPSA) is 56.4 Å². The molecule has 0 unspecified atom stereocenters. The minimum atomic E-state index is -0.587. The number of hydrogen-bond donors (Lipinski definition) is 1. The summed E-state index contributed by atoms with van der Waals surface area (Å²) < 4.78 is 14.4. The maximum Gasteiger partial charge on any atom is 0.257 e. The highest BCUT2D eigenvalue weighted by Crippen LogP contribution is 2.23. The van der Waals surface area contributed by atoms with Gasteiger partial charge >= 0.3 is 0 Å². The second-order valence-corrected chi connectivity index (χ2v) is 11.4. The summed E-state index contributed by atoms with van der Waals surface area (Å²) in [5.41, 5.74) is 4.45. The Bertz CT molecular complexity index is 1430. The molecule has 4 aromatic rings. The van der Waals surface area contributed by atoms with E-state index in [9.17, 15) is 14.0 Å². The number of carbonyl (C=O) groups excluding carboxylic acids is 2. The number of benzene rings is 3. The van der Waals surface area contributed by atoms with E-state index in [0.717, 1.165) is 22.0 Å². The van der Waals surface area contributed by atoms with Crippen LogP contribution in [0.3, 0.4) is 0 Å². The van der Waals surface area contributed by atoms with E-state index in [1.165, 1.54) is 22.6 Å². The molecule has 6 heteroatoms.